The van der Waals surface area contributed by atoms with Gasteiger partial charge in [-0.2, -0.15) is 0 Å². The molecule has 2 rings (SSSR count). The molecule has 0 aliphatic carbocycles. The van der Waals surface area contributed by atoms with E-state index >= 15 is 0 Å². The van der Waals surface area contributed by atoms with Crippen LogP contribution in [0, 0.1) is 0 Å². The standard InChI is InChI=1S/C15H22ClNO2/c1-2-7-17-8-9-19-15(11-17)14(18)10-12-5-3-4-6-13(12)16/h3-6,14-15,18H,2,7-11H2,1H3. The van der Waals surface area contributed by atoms with Gasteiger partial charge in [-0.1, -0.05) is 36.7 Å². The molecule has 0 radical (unpaired) electrons. The van der Waals surface area contributed by atoms with E-state index in [0.29, 0.717) is 18.1 Å². The molecule has 1 heterocycles. The molecule has 0 spiro atoms. The number of nitrogens with zero attached hydrogens (tertiary/aromatic N) is 1. The van der Waals surface area contributed by atoms with Crippen molar-refractivity contribution in [1.29, 1.82) is 0 Å². The van der Waals surface area contributed by atoms with Crippen LogP contribution in [-0.4, -0.2) is 48.5 Å². The van der Waals surface area contributed by atoms with Gasteiger partial charge >= 0.3 is 0 Å². The van der Waals surface area contributed by atoms with Crippen LogP contribution < -0.4 is 0 Å². The predicted molar refractivity (Wildman–Crippen MR) is 77.6 cm³/mol. The summed E-state index contributed by atoms with van der Waals surface area (Å²) in [6.07, 6.45) is 1.06. The van der Waals surface area contributed by atoms with Crippen LogP contribution >= 0.6 is 11.6 Å². The van der Waals surface area contributed by atoms with Gasteiger partial charge in [-0.05, 0) is 24.6 Å². The van der Waals surface area contributed by atoms with E-state index in [9.17, 15) is 5.11 Å². The fourth-order valence-corrected chi connectivity index (χ4v) is 2.72. The molecule has 1 aromatic carbocycles. The van der Waals surface area contributed by atoms with E-state index in [4.69, 9.17) is 16.3 Å². The minimum atomic E-state index is -0.500. The van der Waals surface area contributed by atoms with Crippen LogP contribution in [0.1, 0.15) is 18.9 Å². The molecule has 1 N–H and O–H groups in total. The zero-order valence-corrected chi connectivity index (χ0v) is 12.1. The van der Waals surface area contributed by atoms with Gasteiger partial charge in [-0.15, -0.1) is 0 Å². The summed E-state index contributed by atoms with van der Waals surface area (Å²) in [6.45, 7) is 5.70. The van der Waals surface area contributed by atoms with E-state index in [2.05, 4.69) is 11.8 Å². The maximum absolute atomic E-state index is 10.3. The van der Waals surface area contributed by atoms with Crippen LogP contribution in [0.25, 0.3) is 0 Å². The number of rotatable bonds is 5. The van der Waals surface area contributed by atoms with E-state index < -0.39 is 6.10 Å². The Morgan fingerprint density at radius 3 is 3.00 bits per heavy atom. The second kappa shape index (κ2) is 7.25. The number of halogens is 1. The summed E-state index contributed by atoms with van der Waals surface area (Å²) in [5, 5.41) is 11.0. The van der Waals surface area contributed by atoms with E-state index in [-0.39, 0.29) is 6.10 Å². The normalized spacial score (nSPS) is 22.4. The second-order valence-electron chi connectivity index (χ2n) is 5.07. The Balaban J connectivity index is 1.92. The first-order chi connectivity index (χ1) is 9.20. The van der Waals surface area contributed by atoms with E-state index in [1.54, 1.807) is 0 Å². The largest absolute Gasteiger partial charge is 0.390 e. The van der Waals surface area contributed by atoms with Gasteiger partial charge in [0, 0.05) is 24.5 Å². The van der Waals surface area contributed by atoms with Crippen molar-refractivity contribution in [1.82, 2.24) is 4.90 Å². The molecule has 0 bridgehead atoms. The van der Waals surface area contributed by atoms with Crippen LogP contribution in [-0.2, 0) is 11.2 Å². The maximum atomic E-state index is 10.3. The second-order valence-corrected chi connectivity index (χ2v) is 5.48. The van der Waals surface area contributed by atoms with Crippen molar-refractivity contribution in [2.24, 2.45) is 0 Å². The summed E-state index contributed by atoms with van der Waals surface area (Å²) in [7, 11) is 0. The van der Waals surface area contributed by atoms with Crippen molar-refractivity contribution >= 4 is 11.6 Å². The third-order valence-electron chi connectivity index (χ3n) is 3.53. The number of hydrogen-bond donors (Lipinski definition) is 1. The lowest BCUT2D eigenvalue weighted by Crippen LogP contribution is -2.48. The van der Waals surface area contributed by atoms with Gasteiger partial charge in [-0.3, -0.25) is 4.90 Å². The summed E-state index contributed by atoms with van der Waals surface area (Å²) < 4.78 is 5.69. The third-order valence-corrected chi connectivity index (χ3v) is 3.90. The van der Waals surface area contributed by atoms with E-state index in [1.165, 1.54) is 0 Å². The quantitative estimate of drug-likeness (QED) is 0.900. The number of aliphatic hydroxyl groups is 1. The highest BCUT2D eigenvalue weighted by atomic mass is 35.5. The van der Waals surface area contributed by atoms with Crippen molar-refractivity contribution in [3.05, 3.63) is 34.9 Å². The van der Waals surface area contributed by atoms with Crippen LogP contribution in [0.5, 0.6) is 0 Å². The molecule has 4 heteroatoms. The van der Waals surface area contributed by atoms with E-state index in [1.807, 2.05) is 24.3 Å². The minimum absolute atomic E-state index is 0.114. The molecule has 0 saturated carbocycles. The number of morpholine rings is 1. The number of benzene rings is 1. The summed E-state index contributed by atoms with van der Waals surface area (Å²) in [5.41, 5.74) is 0.980. The fourth-order valence-electron chi connectivity index (χ4n) is 2.50. The van der Waals surface area contributed by atoms with Crippen LogP contribution in [0.2, 0.25) is 5.02 Å². The van der Waals surface area contributed by atoms with Gasteiger partial charge in [0.15, 0.2) is 0 Å². The number of hydrogen-bond acceptors (Lipinski definition) is 3. The molecule has 2 unspecified atom stereocenters. The number of aliphatic hydroxyl groups excluding tert-OH is 1. The molecule has 1 saturated heterocycles. The predicted octanol–water partition coefficient (Wildman–Crippen LogP) is 2.35. The lowest BCUT2D eigenvalue weighted by Gasteiger charge is -2.35. The molecule has 0 aromatic heterocycles. The Morgan fingerprint density at radius 1 is 1.47 bits per heavy atom. The molecular weight excluding hydrogens is 262 g/mol. The Bertz CT molecular complexity index is 397. The Morgan fingerprint density at radius 2 is 2.26 bits per heavy atom. The van der Waals surface area contributed by atoms with Crippen molar-refractivity contribution < 1.29 is 9.84 Å². The zero-order chi connectivity index (χ0) is 13.7. The maximum Gasteiger partial charge on any atom is 0.0964 e. The van der Waals surface area contributed by atoms with Gasteiger partial charge < -0.3 is 9.84 Å². The fraction of sp³-hybridized carbons (Fsp3) is 0.600. The summed E-state index contributed by atoms with van der Waals surface area (Å²) in [6, 6.07) is 7.66. The van der Waals surface area contributed by atoms with Crippen molar-refractivity contribution in [3.63, 3.8) is 0 Å². The molecule has 1 fully saturated rings. The summed E-state index contributed by atoms with van der Waals surface area (Å²) in [4.78, 5) is 2.35. The smallest absolute Gasteiger partial charge is 0.0964 e. The molecule has 1 aliphatic heterocycles. The Labute approximate surface area is 120 Å². The molecule has 19 heavy (non-hydrogen) atoms. The minimum Gasteiger partial charge on any atom is -0.390 e. The monoisotopic (exact) mass is 283 g/mol. The first-order valence-electron chi connectivity index (χ1n) is 6.96. The van der Waals surface area contributed by atoms with Crippen molar-refractivity contribution in [3.8, 4) is 0 Å². The highest BCUT2D eigenvalue weighted by Gasteiger charge is 2.26. The summed E-state index contributed by atoms with van der Waals surface area (Å²) in [5.74, 6) is 0. The molecule has 106 valence electrons. The molecule has 1 aliphatic rings. The van der Waals surface area contributed by atoms with Gasteiger partial charge in [0.25, 0.3) is 0 Å². The van der Waals surface area contributed by atoms with Crippen molar-refractivity contribution in [2.75, 3.05) is 26.2 Å². The van der Waals surface area contributed by atoms with Gasteiger partial charge in [0.1, 0.15) is 0 Å². The lowest BCUT2D eigenvalue weighted by atomic mass is 10.0. The highest BCUT2D eigenvalue weighted by molar-refractivity contribution is 6.31. The van der Waals surface area contributed by atoms with E-state index in [0.717, 1.165) is 31.6 Å². The first-order valence-corrected chi connectivity index (χ1v) is 7.34. The van der Waals surface area contributed by atoms with Crippen LogP contribution in [0.15, 0.2) is 24.3 Å². The molecule has 3 nitrogen and oxygen atoms in total. The van der Waals surface area contributed by atoms with Crippen LogP contribution in [0.3, 0.4) is 0 Å². The molecular formula is C15H22ClNO2. The summed E-state index contributed by atoms with van der Waals surface area (Å²) >= 11 is 6.12. The molecule has 1 aromatic rings. The van der Waals surface area contributed by atoms with Gasteiger partial charge in [0.2, 0.25) is 0 Å². The average Bonchev–Trinajstić information content (AvgIpc) is 2.42. The van der Waals surface area contributed by atoms with Gasteiger partial charge in [-0.25, -0.2) is 0 Å². The molecule has 2 atom stereocenters. The zero-order valence-electron chi connectivity index (χ0n) is 11.4. The highest BCUT2D eigenvalue weighted by Crippen LogP contribution is 2.19. The Kier molecular flexibility index (Phi) is 5.64. The lowest BCUT2D eigenvalue weighted by molar-refractivity contribution is -0.0877. The Hall–Kier alpha value is -0.610. The average molecular weight is 284 g/mol. The van der Waals surface area contributed by atoms with Crippen LogP contribution in [0.4, 0.5) is 0 Å². The van der Waals surface area contributed by atoms with Gasteiger partial charge in [0.05, 0.1) is 18.8 Å². The van der Waals surface area contributed by atoms with Crippen molar-refractivity contribution in [2.45, 2.75) is 32.0 Å². The molecule has 0 amide bonds. The third kappa shape index (κ3) is 4.18. The topological polar surface area (TPSA) is 32.7 Å². The SMILES string of the molecule is CCCN1CCOC(C(O)Cc2ccccc2Cl)C1. The number of ether oxygens (including phenoxy) is 1. The first kappa shape index (κ1) is 14.8.